The standard InChI is InChI=1S/C18H22N4O2.C2H6/c1-4-7-8-16(15(19)5-2)21-17(23)13-9-11-14(12-10-13)18(24)22-20-6-3;1-2/h4-12H,19H2,1-3H3,(H,21,23)(H,22,24);1-2H3/b7-4-,15-5+,16-8+,20-6+;. The number of hydrogen-bond donors (Lipinski definition) is 3. The van der Waals surface area contributed by atoms with E-state index in [0.717, 1.165) is 0 Å². The highest BCUT2D eigenvalue weighted by Crippen LogP contribution is 2.07. The predicted octanol–water partition coefficient (Wildman–Crippen LogP) is 3.50. The highest BCUT2D eigenvalue weighted by Gasteiger charge is 2.10. The minimum Gasteiger partial charge on any atom is -0.397 e. The lowest BCUT2D eigenvalue weighted by Crippen LogP contribution is -2.26. The number of allylic oxidation sites excluding steroid dienone is 4. The Balaban J connectivity index is 0.00000301. The van der Waals surface area contributed by atoms with Gasteiger partial charge in [0, 0.05) is 17.3 Å². The van der Waals surface area contributed by atoms with Crippen LogP contribution in [0.4, 0.5) is 0 Å². The summed E-state index contributed by atoms with van der Waals surface area (Å²) in [5.41, 5.74) is 10.0. The van der Waals surface area contributed by atoms with Crippen LogP contribution in [0.25, 0.3) is 0 Å². The van der Waals surface area contributed by atoms with Crippen molar-refractivity contribution < 1.29 is 9.59 Å². The maximum Gasteiger partial charge on any atom is 0.271 e. The van der Waals surface area contributed by atoms with Crippen molar-refractivity contribution >= 4 is 18.0 Å². The lowest BCUT2D eigenvalue weighted by molar-refractivity contribution is 0.0947. The van der Waals surface area contributed by atoms with Crippen molar-refractivity contribution in [3.63, 3.8) is 0 Å². The van der Waals surface area contributed by atoms with Gasteiger partial charge in [0.1, 0.15) is 0 Å². The SMILES string of the molecule is CC.C\C=C/C=C(NC(=O)c1ccc(C(=O)N/N=C/C)cc1)\C(N)=C/C. The van der Waals surface area contributed by atoms with E-state index < -0.39 is 0 Å². The second kappa shape index (κ2) is 13.2. The normalized spacial score (nSPS) is 11.9. The molecule has 1 aromatic carbocycles. The Labute approximate surface area is 155 Å². The topological polar surface area (TPSA) is 96.6 Å². The maximum atomic E-state index is 12.3. The van der Waals surface area contributed by atoms with E-state index in [0.29, 0.717) is 22.5 Å². The Hall–Kier alpha value is -3.15. The fourth-order valence-corrected chi connectivity index (χ4v) is 1.71. The van der Waals surface area contributed by atoms with Crippen LogP contribution in [-0.2, 0) is 0 Å². The monoisotopic (exact) mass is 356 g/mol. The van der Waals surface area contributed by atoms with Gasteiger partial charge in [0.05, 0.1) is 11.4 Å². The van der Waals surface area contributed by atoms with Crippen molar-refractivity contribution in [2.24, 2.45) is 10.8 Å². The summed E-state index contributed by atoms with van der Waals surface area (Å²) in [5.74, 6) is -0.652. The number of hydrogen-bond acceptors (Lipinski definition) is 4. The quantitative estimate of drug-likeness (QED) is 0.413. The minimum absolute atomic E-state index is 0.311. The van der Waals surface area contributed by atoms with Crippen molar-refractivity contribution in [2.75, 3.05) is 0 Å². The molecule has 140 valence electrons. The van der Waals surface area contributed by atoms with Gasteiger partial charge in [-0.25, -0.2) is 5.43 Å². The zero-order valence-electron chi connectivity index (χ0n) is 16.0. The molecule has 1 rings (SSSR count). The van der Waals surface area contributed by atoms with E-state index in [-0.39, 0.29) is 11.8 Å². The molecule has 0 unspecified atom stereocenters. The van der Waals surface area contributed by atoms with Gasteiger partial charge in [0.2, 0.25) is 0 Å². The van der Waals surface area contributed by atoms with Gasteiger partial charge in [-0.1, -0.05) is 32.1 Å². The highest BCUT2D eigenvalue weighted by atomic mass is 16.2. The number of nitrogens with two attached hydrogens (primary N) is 1. The Kier molecular flexibility index (Phi) is 11.6. The van der Waals surface area contributed by atoms with E-state index in [1.165, 1.54) is 6.21 Å². The number of hydrazone groups is 1. The summed E-state index contributed by atoms with van der Waals surface area (Å²) < 4.78 is 0. The van der Waals surface area contributed by atoms with Gasteiger partial charge >= 0.3 is 0 Å². The number of nitrogens with zero attached hydrogens (tertiary/aromatic N) is 1. The average Bonchev–Trinajstić information content (AvgIpc) is 2.70. The van der Waals surface area contributed by atoms with Crippen LogP contribution in [0.5, 0.6) is 0 Å². The van der Waals surface area contributed by atoms with E-state index in [1.807, 2.05) is 26.8 Å². The Morgan fingerprint density at radius 3 is 2.00 bits per heavy atom. The summed E-state index contributed by atoms with van der Waals surface area (Å²) in [5, 5.41) is 6.42. The summed E-state index contributed by atoms with van der Waals surface area (Å²) in [6.07, 6.45) is 8.52. The van der Waals surface area contributed by atoms with Crippen molar-refractivity contribution in [1.82, 2.24) is 10.7 Å². The average molecular weight is 356 g/mol. The van der Waals surface area contributed by atoms with E-state index in [2.05, 4.69) is 15.8 Å². The summed E-state index contributed by atoms with van der Waals surface area (Å²) in [6, 6.07) is 6.26. The summed E-state index contributed by atoms with van der Waals surface area (Å²) in [4.78, 5) is 24.1. The molecule has 6 heteroatoms. The highest BCUT2D eigenvalue weighted by molar-refractivity contribution is 5.98. The molecule has 0 saturated carbocycles. The second-order valence-electron chi connectivity index (χ2n) is 4.71. The fourth-order valence-electron chi connectivity index (χ4n) is 1.71. The third-order valence-corrected chi connectivity index (χ3v) is 3.03. The van der Waals surface area contributed by atoms with Gasteiger partial charge in [-0.2, -0.15) is 5.10 Å². The molecule has 0 radical (unpaired) electrons. The smallest absolute Gasteiger partial charge is 0.271 e. The molecule has 0 fully saturated rings. The van der Waals surface area contributed by atoms with Gasteiger partial charge in [-0.3, -0.25) is 9.59 Å². The van der Waals surface area contributed by atoms with Crippen LogP contribution in [0.3, 0.4) is 0 Å². The summed E-state index contributed by atoms with van der Waals surface area (Å²) >= 11 is 0. The van der Waals surface area contributed by atoms with Gasteiger partial charge in [0.15, 0.2) is 0 Å². The molecule has 0 saturated heterocycles. The lowest BCUT2D eigenvalue weighted by atomic mass is 10.1. The third-order valence-electron chi connectivity index (χ3n) is 3.03. The first-order chi connectivity index (χ1) is 12.5. The fraction of sp³-hybridized carbons (Fsp3) is 0.250. The number of rotatable bonds is 6. The largest absolute Gasteiger partial charge is 0.397 e. The Morgan fingerprint density at radius 2 is 1.54 bits per heavy atom. The van der Waals surface area contributed by atoms with Gasteiger partial charge in [-0.05, 0) is 51.1 Å². The molecule has 0 aliphatic carbocycles. The number of carbonyl (C=O) groups is 2. The molecular formula is C20H28N4O2. The molecule has 26 heavy (non-hydrogen) atoms. The number of benzene rings is 1. The third kappa shape index (κ3) is 7.61. The molecule has 1 aromatic rings. The summed E-state index contributed by atoms with van der Waals surface area (Å²) in [7, 11) is 0. The molecule has 2 amide bonds. The first-order valence-electron chi connectivity index (χ1n) is 8.48. The van der Waals surface area contributed by atoms with Crippen molar-refractivity contribution in [2.45, 2.75) is 34.6 Å². The van der Waals surface area contributed by atoms with Gasteiger partial charge < -0.3 is 11.1 Å². The molecule has 0 aromatic heterocycles. The minimum atomic E-state index is -0.341. The van der Waals surface area contributed by atoms with Crippen LogP contribution in [-0.4, -0.2) is 18.0 Å². The van der Waals surface area contributed by atoms with Crippen molar-refractivity contribution in [3.8, 4) is 0 Å². The van der Waals surface area contributed by atoms with E-state index in [1.54, 1.807) is 56.3 Å². The van der Waals surface area contributed by atoms with Crippen LogP contribution < -0.4 is 16.5 Å². The molecule has 0 bridgehead atoms. The number of nitrogens with one attached hydrogen (secondary N) is 2. The van der Waals surface area contributed by atoms with E-state index in [9.17, 15) is 9.59 Å². The van der Waals surface area contributed by atoms with Crippen LogP contribution >= 0.6 is 0 Å². The second-order valence-corrected chi connectivity index (χ2v) is 4.71. The molecule has 0 heterocycles. The van der Waals surface area contributed by atoms with E-state index >= 15 is 0 Å². The maximum absolute atomic E-state index is 12.3. The molecule has 0 atom stereocenters. The van der Waals surface area contributed by atoms with Crippen LogP contribution in [0.2, 0.25) is 0 Å². The molecule has 0 aliphatic rings. The Morgan fingerprint density at radius 1 is 1.00 bits per heavy atom. The van der Waals surface area contributed by atoms with Gasteiger partial charge in [0.25, 0.3) is 11.8 Å². The van der Waals surface area contributed by atoms with Crippen LogP contribution in [0, 0.1) is 0 Å². The predicted molar refractivity (Wildman–Crippen MR) is 108 cm³/mol. The molecule has 0 spiro atoms. The number of carbonyl (C=O) groups excluding carboxylic acids is 2. The molecular weight excluding hydrogens is 328 g/mol. The van der Waals surface area contributed by atoms with Crippen LogP contribution in [0.1, 0.15) is 55.3 Å². The van der Waals surface area contributed by atoms with Gasteiger partial charge in [-0.15, -0.1) is 0 Å². The molecule has 4 N–H and O–H groups in total. The number of amides is 2. The Bertz CT molecular complexity index is 699. The lowest BCUT2D eigenvalue weighted by Gasteiger charge is -2.10. The van der Waals surface area contributed by atoms with Crippen molar-refractivity contribution in [1.29, 1.82) is 0 Å². The van der Waals surface area contributed by atoms with E-state index in [4.69, 9.17) is 5.73 Å². The zero-order valence-corrected chi connectivity index (χ0v) is 16.0. The summed E-state index contributed by atoms with van der Waals surface area (Å²) in [6.45, 7) is 9.36. The zero-order chi connectivity index (χ0) is 19.9. The molecule has 6 nitrogen and oxygen atoms in total. The van der Waals surface area contributed by atoms with Crippen molar-refractivity contribution in [3.05, 3.63) is 71.1 Å². The first kappa shape index (κ1) is 22.9. The first-order valence-corrected chi connectivity index (χ1v) is 8.48. The molecule has 0 aliphatic heterocycles. The van der Waals surface area contributed by atoms with Crippen LogP contribution in [0.15, 0.2) is 65.1 Å².